The van der Waals surface area contributed by atoms with E-state index in [0.29, 0.717) is 12.6 Å². The van der Waals surface area contributed by atoms with Crippen molar-refractivity contribution < 1.29 is 14.4 Å². The Hall–Kier alpha value is -2.41. The molecule has 3 amide bonds. The molecule has 0 aromatic heterocycles. The predicted molar refractivity (Wildman–Crippen MR) is 119 cm³/mol. The molecule has 2 saturated heterocycles. The first-order chi connectivity index (χ1) is 14.9. The molecule has 0 radical (unpaired) electrons. The van der Waals surface area contributed by atoms with E-state index in [-0.39, 0.29) is 36.0 Å². The number of anilines is 2. The van der Waals surface area contributed by atoms with Crippen molar-refractivity contribution in [3.05, 3.63) is 23.8 Å². The number of hydrogen-bond acceptors (Lipinski definition) is 4. The van der Waals surface area contributed by atoms with Crippen LogP contribution in [0.4, 0.5) is 11.4 Å². The van der Waals surface area contributed by atoms with Crippen LogP contribution in [-0.2, 0) is 20.8 Å². The first kappa shape index (κ1) is 20.5. The van der Waals surface area contributed by atoms with Crippen LogP contribution in [-0.4, -0.2) is 72.8 Å². The number of hydrogen-bond donors (Lipinski definition) is 0. The van der Waals surface area contributed by atoms with E-state index in [0.717, 1.165) is 68.9 Å². The summed E-state index contributed by atoms with van der Waals surface area (Å²) in [7, 11) is 0. The van der Waals surface area contributed by atoms with Crippen molar-refractivity contribution in [2.45, 2.75) is 45.6 Å². The highest BCUT2D eigenvalue weighted by Crippen LogP contribution is 2.38. The Kier molecular flexibility index (Phi) is 5.24. The van der Waals surface area contributed by atoms with E-state index < -0.39 is 0 Å². The van der Waals surface area contributed by atoms with Gasteiger partial charge in [-0.05, 0) is 56.9 Å². The molecule has 3 aliphatic heterocycles. The number of rotatable bonds is 4. The highest BCUT2D eigenvalue weighted by atomic mass is 16.2. The van der Waals surface area contributed by atoms with Gasteiger partial charge in [0, 0.05) is 69.0 Å². The zero-order chi connectivity index (χ0) is 21.7. The summed E-state index contributed by atoms with van der Waals surface area (Å²) in [4.78, 5) is 46.3. The van der Waals surface area contributed by atoms with Gasteiger partial charge < -0.3 is 14.7 Å². The minimum atomic E-state index is -0.265. The summed E-state index contributed by atoms with van der Waals surface area (Å²) in [6, 6.07) is 6.45. The van der Waals surface area contributed by atoms with Crippen molar-refractivity contribution in [1.29, 1.82) is 0 Å². The molecule has 4 aliphatic rings. The van der Waals surface area contributed by atoms with Gasteiger partial charge in [0.05, 0.1) is 5.92 Å². The molecule has 31 heavy (non-hydrogen) atoms. The summed E-state index contributed by atoms with van der Waals surface area (Å²) in [5, 5.41) is 0. The third-order valence-corrected chi connectivity index (χ3v) is 7.29. The van der Waals surface area contributed by atoms with Crippen molar-refractivity contribution in [2.24, 2.45) is 11.8 Å². The number of carbonyl (C=O) groups excluding carboxylic acids is 3. The Balaban J connectivity index is 1.24. The van der Waals surface area contributed by atoms with E-state index in [1.807, 2.05) is 28.0 Å². The van der Waals surface area contributed by atoms with E-state index in [2.05, 4.69) is 18.7 Å². The van der Waals surface area contributed by atoms with E-state index in [4.69, 9.17) is 0 Å². The van der Waals surface area contributed by atoms with E-state index in [1.54, 1.807) is 4.90 Å². The lowest BCUT2D eigenvalue weighted by Crippen LogP contribution is -2.52. The minimum absolute atomic E-state index is 0.0167. The van der Waals surface area contributed by atoms with Gasteiger partial charge in [-0.2, -0.15) is 0 Å². The second-order valence-electron chi connectivity index (χ2n) is 9.69. The molecule has 1 aromatic carbocycles. The van der Waals surface area contributed by atoms with Crippen LogP contribution in [0.25, 0.3) is 0 Å². The molecule has 0 N–H and O–H groups in total. The van der Waals surface area contributed by atoms with Crippen molar-refractivity contribution in [1.82, 2.24) is 9.80 Å². The molecule has 5 rings (SSSR count). The lowest BCUT2D eigenvalue weighted by atomic mass is 10.1. The summed E-state index contributed by atoms with van der Waals surface area (Å²) >= 11 is 0. The van der Waals surface area contributed by atoms with Crippen LogP contribution in [0.15, 0.2) is 18.2 Å². The molecule has 1 aromatic rings. The van der Waals surface area contributed by atoms with E-state index >= 15 is 0 Å². The third-order valence-electron chi connectivity index (χ3n) is 7.29. The lowest BCUT2D eigenvalue weighted by molar-refractivity contribution is -0.137. The molecular weight excluding hydrogens is 392 g/mol. The maximum absolute atomic E-state index is 13.1. The van der Waals surface area contributed by atoms with Crippen molar-refractivity contribution in [3.63, 3.8) is 0 Å². The second-order valence-corrected chi connectivity index (χ2v) is 9.69. The monoisotopic (exact) mass is 424 g/mol. The molecule has 7 heteroatoms. The number of fused-ring (bicyclic) bond motifs is 1. The van der Waals surface area contributed by atoms with Crippen molar-refractivity contribution >= 4 is 29.1 Å². The average molecular weight is 425 g/mol. The molecule has 1 aliphatic carbocycles. The summed E-state index contributed by atoms with van der Waals surface area (Å²) in [5.74, 6) is 0.316. The standard InChI is InChI=1S/C24H32N4O3/c1-16(2)25-9-11-26(12-10-25)23(30)19-14-22(29)28(15-19)20-5-6-21-18(13-20)7-8-27(21)24(31)17-3-4-17/h5-6,13,16-17,19H,3-4,7-12,14-15H2,1-2H3. The number of benzene rings is 1. The number of nitrogens with zero attached hydrogens (tertiary/aromatic N) is 4. The molecule has 3 heterocycles. The second kappa shape index (κ2) is 7.93. The molecule has 3 fully saturated rings. The Morgan fingerprint density at radius 2 is 1.71 bits per heavy atom. The fourth-order valence-corrected chi connectivity index (χ4v) is 5.18. The highest BCUT2D eigenvalue weighted by Gasteiger charge is 2.39. The summed E-state index contributed by atoms with van der Waals surface area (Å²) in [6.07, 6.45) is 3.12. The maximum Gasteiger partial charge on any atom is 0.230 e. The van der Waals surface area contributed by atoms with Gasteiger partial charge in [-0.1, -0.05) is 0 Å². The van der Waals surface area contributed by atoms with E-state index in [9.17, 15) is 14.4 Å². The number of carbonyl (C=O) groups is 3. The van der Waals surface area contributed by atoms with Crippen LogP contribution in [0.2, 0.25) is 0 Å². The lowest BCUT2D eigenvalue weighted by Gasteiger charge is -2.37. The normalized spacial score (nSPS) is 24.3. The Morgan fingerprint density at radius 1 is 0.968 bits per heavy atom. The van der Waals surface area contributed by atoms with E-state index in [1.165, 1.54) is 0 Å². The Morgan fingerprint density at radius 3 is 2.39 bits per heavy atom. The smallest absolute Gasteiger partial charge is 0.230 e. The van der Waals surface area contributed by atoms with Gasteiger partial charge >= 0.3 is 0 Å². The summed E-state index contributed by atoms with van der Waals surface area (Å²) in [5.41, 5.74) is 2.96. The first-order valence-electron chi connectivity index (χ1n) is 11.7. The van der Waals surface area contributed by atoms with Crippen LogP contribution in [0, 0.1) is 11.8 Å². The molecule has 7 nitrogen and oxygen atoms in total. The fourth-order valence-electron chi connectivity index (χ4n) is 5.18. The largest absolute Gasteiger partial charge is 0.340 e. The van der Waals surface area contributed by atoms with Gasteiger partial charge in [0.15, 0.2) is 0 Å². The SMILES string of the molecule is CC(C)N1CCN(C(=O)C2CC(=O)N(c3ccc4c(c3)CCN4C(=O)C3CC3)C2)CC1. The highest BCUT2D eigenvalue weighted by molar-refractivity contribution is 6.02. The fraction of sp³-hybridized carbons (Fsp3) is 0.625. The van der Waals surface area contributed by atoms with Gasteiger partial charge in [-0.25, -0.2) is 0 Å². The third kappa shape index (κ3) is 3.84. The predicted octanol–water partition coefficient (Wildman–Crippen LogP) is 1.89. The molecular formula is C24H32N4O3. The average Bonchev–Trinajstić information content (AvgIpc) is 3.43. The summed E-state index contributed by atoms with van der Waals surface area (Å²) in [6.45, 7) is 8.82. The molecule has 0 spiro atoms. The van der Waals surface area contributed by atoms with Gasteiger partial charge in [-0.15, -0.1) is 0 Å². The number of amides is 3. The van der Waals surface area contributed by atoms with Crippen LogP contribution < -0.4 is 9.80 Å². The minimum Gasteiger partial charge on any atom is -0.340 e. The zero-order valence-electron chi connectivity index (χ0n) is 18.5. The van der Waals surface area contributed by atoms with Crippen LogP contribution in [0.1, 0.15) is 38.7 Å². The molecule has 1 atom stereocenters. The Labute approximate surface area is 184 Å². The van der Waals surface area contributed by atoms with Gasteiger partial charge in [-0.3, -0.25) is 19.3 Å². The zero-order valence-corrected chi connectivity index (χ0v) is 18.5. The number of piperazine rings is 1. The quantitative estimate of drug-likeness (QED) is 0.741. The van der Waals surface area contributed by atoms with Gasteiger partial charge in [0.2, 0.25) is 17.7 Å². The molecule has 1 unspecified atom stereocenters. The van der Waals surface area contributed by atoms with Gasteiger partial charge in [0.25, 0.3) is 0 Å². The first-order valence-corrected chi connectivity index (χ1v) is 11.7. The molecule has 166 valence electrons. The molecule has 0 bridgehead atoms. The summed E-state index contributed by atoms with van der Waals surface area (Å²) < 4.78 is 0. The maximum atomic E-state index is 13.1. The van der Waals surface area contributed by atoms with Crippen LogP contribution in [0.3, 0.4) is 0 Å². The molecule has 1 saturated carbocycles. The topological polar surface area (TPSA) is 64.2 Å². The van der Waals surface area contributed by atoms with Crippen molar-refractivity contribution in [2.75, 3.05) is 49.1 Å². The van der Waals surface area contributed by atoms with Gasteiger partial charge in [0.1, 0.15) is 0 Å². The Bertz CT molecular complexity index is 902. The van der Waals surface area contributed by atoms with Crippen LogP contribution >= 0.6 is 0 Å². The van der Waals surface area contributed by atoms with Crippen molar-refractivity contribution in [3.8, 4) is 0 Å². The van der Waals surface area contributed by atoms with Crippen LogP contribution in [0.5, 0.6) is 0 Å².